The molecule has 9 heteroatoms. The van der Waals surface area contributed by atoms with Gasteiger partial charge in [0, 0.05) is 16.6 Å². The number of hydrazone groups is 1. The number of carbonyl (C=O) groups is 1. The summed E-state index contributed by atoms with van der Waals surface area (Å²) in [6.45, 7) is 0.411. The van der Waals surface area contributed by atoms with Crippen molar-refractivity contribution >= 4 is 23.3 Å². The van der Waals surface area contributed by atoms with E-state index < -0.39 is 6.29 Å². The van der Waals surface area contributed by atoms with E-state index in [1.165, 1.54) is 0 Å². The van der Waals surface area contributed by atoms with Crippen LogP contribution in [0.5, 0.6) is 17.2 Å². The Bertz CT molecular complexity index is 1100. The number of benzene rings is 2. The highest BCUT2D eigenvalue weighted by molar-refractivity contribution is 6.31. The fraction of sp³-hybridized carbons (Fsp3) is 0.440. The highest BCUT2D eigenvalue weighted by atomic mass is 35.5. The molecular formula is C25H29ClN4O4. The van der Waals surface area contributed by atoms with Crippen LogP contribution >= 0.6 is 11.6 Å². The third kappa shape index (κ3) is 3.70. The largest absolute Gasteiger partial charge is 0.493 e. The number of amides is 1. The second-order valence-corrected chi connectivity index (χ2v) is 9.18. The number of rotatable bonds is 6. The number of nitrogens with zero attached hydrogens (tertiary/aromatic N) is 3. The second-order valence-electron chi connectivity index (χ2n) is 8.78. The van der Waals surface area contributed by atoms with Crippen molar-refractivity contribution in [2.45, 2.75) is 44.6 Å². The van der Waals surface area contributed by atoms with Gasteiger partial charge in [0.1, 0.15) is 0 Å². The number of nitrogens with one attached hydrogen (secondary N) is 1. The number of halogens is 1. The predicted octanol–water partition coefficient (Wildman–Crippen LogP) is 3.82. The molecule has 2 heterocycles. The number of amidine groups is 1. The summed E-state index contributed by atoms with van der Waals surface area (Å²) in [6, 6.07) is 11.5. The van der Waals surface area contributed by atoms with Crippen molar-refractivity contribution in [3.8, 4) is 17.2 Å². The normalized spacial score (nSPS) is 23.6. The van der Waals surface area contributed by atoms with Gasteiger partial charge in [-0.05, 0) is 36.6 Å². The summed E-state index contributed by atoms with van der Waals surface area (Å²) in [6.07, 6.45) is 3.56. The molecule has 1 saturated carbocycles. The molecule has 0 aromatic heterocycles. The lowest BCUT2D eigenvalue weighted by Gasteiger charge is -2.50. The van der Waals surface area contributed by atoms with Gasteiger partial charge in [-0.15, -0.1) is 0 Å². The van der Waals surface area contributed by atoms with Crippen LogP contribution in [0, 0.1) is 5.92 Å². The lowest BCUT2D eigenvalue weighted by Crippen LogP contribution is -2.67. The van der Waals surface area contributed by atoms with Crippen LogP contribution in [-0.2, 0) is 11.3 Å². The molecule has 34 heavy (non-hydrogen) atoms. The first-order valence-electron chi connectivity index (χ1n) is 11.5. The van der Waals surface area contributed by atoms with Gasteiger partial charge in [0.05, 0.1) is 33.8 Å². The summed E-state index contributed by atoms with van der Waals surface area (Å²) in [5.74, 6) is 2.48. The molecule has 1 saturated heterocycles. The Kier molecular flexibility index (Phi) is 6.16. The van der Waals surface area contributed by atoms with Crippen LogP contribution in [0.4, 0.5) is 0 Å². The van der Waals surface area contributed by atoms with Gasteiger partial charge < -0.3 is 19.1 Å². The molecule has 8 nitrogen and oxygen atoms in total. The molecule has 0 spiro atoms. The molecule has 2 aromatic carbocycles. The maximum Gasteiger partial charge on any atom is 0.231 e. The minimum Gasteiger partial charge on any atom is -0.493 e. The van der Waals surface area contributed by atoms with Gasteiger partial charge in [-0.3, -0.25) is 15.1 Å². The average Bonchev–Trinajstić information content (AvgIpc) is 3.32. The number of fused-ring (bicyclic) bond motifs is 3. The maximum atomic E-state index is 13.7. The SMILES string of the molecule is COc1cc(C2=NNC3N(Cc4ccccc4Cl)C(=O)C4CCCCC4N23)cc(OC)c1OC. The minimum absolute atomic E-state index is 0.0709. The Morgan fingerprint density at radius 3 is 2.44 bits per heavy atom. The molecule has 1 aliphatic carbocycles. The molecule has 1 N–H and O–H groups in total. The fourth-order valence-electron chi connectivity index (χ4n) is 5.38. The van der Waals surface area contributed by atoms with Crippen molar-refractivity contribution in [1.29, 1.82) is 0 Å². The summed E-state index contributed by atoms with van der Waals surface area (Å²) in [5.41, 5.74) is 4.97. The summed E-state index contributed by atoms with van der Waals surface area (Å²) in [7, 11) is 4.78. The third-order valence-electron chi connectivity index (χ3n) is 7.00. The molecule has 0 radical (unpaired) electrons. The summed E-state index contributed by atoms with van der Waals surface area (Å²) < 4.78 is 16.6. The number of methoxy groups -OCH3 is 3. The lowest BCUT2D eigenvalue weighted by molar-refractivity contribution is -0.156. The molecule has 1 amide bonds. The molecule has 2 fully saturated rings. The van der Waals surface area contributed by atoms with Crippen LogP contribution < -0.4 is 19.6 Å². The Morgan fingerprint density at radius 1 is 1.06 bits per heavy atom. The van der Waals surface area contributed by atoms with E-state index in [0.717, 1.165) is 42.6 Å². The fourth-order valence-corrected chi connectivity index (χ4v) is 5.57. The zero-order valence-corrected chi connectivity index (χ0v) is 20.3. The number of ether oxygens (including phenoxy) is 3. The monoisotopic (exact) mass is 484 g/mol. The standard InChI is InChI=1S/C25H29ClN4O4/c1-32-20-12-16(13-21(33-2)22(20)34-3)23-27-28-25-29(14-15-8-4-6-10-18(15)26)24(31)17-9-5-7-11-19(17)30(23)25/h4,6,8,10,12-13,17,19,25,28H,5,7,9,11,14H2,1-3H3. The zero-order valence-electron chi connectivity index (χ0n) is 19.6. The first kappa shape index (κ1) is 22.7. The quantitative estimate of drug-likeness (QED) is 0.672. The van der Waals surface area contributed by atoms with Crippen molar-refractivity contribution < 1.29 is 19.0 Å². The van der Waals surface area contributed by atoms with Crippen LogP contribution in [0.1, 0.15) is 36.8 Å². The number of hydrogen-bond donors (Lipinski definition) is 1. The van der Waals surface area contributed by atoms with E-state index in [2.05, 4.69) is 10.3 Å². The van der Waals surface area contributed by atoms with Crippen LogP contribution in [0.3, 0.4) is 0 Å². The molecular weight excluding hydrogens is 456 g/mol. The van der Waals surface area contributed by atoms with E-state index in [-0.39, 0.29) is 17.9 Å². The predicted molar refractivity (Wildman–Crippen MR) is 129 cm³/mol. The van der Waals surface area contributed by atoms with E-state index in [0.29, 0.717) is 28.8 Å². The lowest BCUT2D eigenvalue weighted by atomic mass is 9.80. The molecule has 5 rings (SSSR count). The van der Waals surface area contributed by atoms with E-state index in [4.69, 9.17) is 30.9 Å². The Labute approximate surface area is 204 Å². The van der Waals surface area contributed by atoms with Gasteiger partial charge in [-0.1, -0.05) is 42.6 Å². The molecule has 180 valence electrons. The van der Waals surface area contributed by atoms with Crippen LogP contribution in [-0.4, -0.2) is 55.2 Å². The van der Waals surface area contributed by atoms with Crippen LogP contribution in [0.25, 0.3) is 0 Å². The van der Waals surface area contributed by atoms with Gasteiger partial charge in [0.25, 0.3) is 0 Å². The molecule has 3 atom stereocenters. The van der Waals surface area contributed by atoms with Crippen molar-refractivity contribution in [2.75, 3.05) is 21.3 Å². The van der Waals surface area contributed by atoms with Crippen molar-refractivity contribution in [1.82, 2.24) is 15.2 Å². The third-order valence-corrected chi connectivity index (χ3v) is 7.37. The molecule has 2 aromatic rings. The van der Waals surface area contributed by atoms with E-state index in [1.807, 2.05) is 41.3 Å². The van der Waals surface area contributed by atoms with Gasteiger partial charge in [-0.25, -0.2) is 0 Å². The van der Waals surface area contributed by atoms with Crippen molar-refractivity contribution in [3.05, 3.63) is 52.5 Å². The number of carbonyl (C=O) groups excluding carboxylic acids is 1. The Morgan fingerprint density at radius 2 is 1.76 bits per heavy atom. The van der Waals surface area contributed by atoms with Gasteiger partial charge in [0.15, 0.2) is 23.6 Å². The van der Waals surface area contributed by atoms with Crippen molar-refractivity contribution in [2.24, 2.45) is 11.0 Å². The molecule has 3 unspecified atom stereocenters. The van der Waals surface area contributed by atoms with Crippen LogP contribution in [0.2, 0.25) is 5.02 Å². The minimum atomic E-state index is -0.391. The first-order chi connectivity index (χ1) is 16.6. The summed E-state index contributed by atoms with van der Waals surface area (Å²) in [4.78, 5) is 17.8. The maximum absolute atomic E-state index is 13.7. The summed E-state index contributed by atoms with van der Waals surface area (Å²) in [5, 5.41) is 5.36. The highest BCUT2D eigenvalue weighted by Gasteiger charge is 2.51. The van der Waals surface area contributed by atoms with E-state index in [1.54, 1.807) is 21.3 Å². The smallest absolute Gasteiger partial charge is 0.231 e. The zero-order chi connectivity index (χ0) is 23.8. The van der Waals surface area contributed by atoms with Gasteiger partial charge in [0.2, 0.25) is 11.7 Å². The summed E-state index contributed by atoms with van der Waals surface area (Å²) >= 11 is 6.45. The van der Waals surface area contributed by atoms with Crippen molar-refractivity contribution in [3.63, 3.8) is 0 Å². The van der Waals surface area contributed by atoms with E-state index >= 15 is 0 Å². The average molecular weight is 485 g/mol. The van der Waals surface area contributed by atoms with Gasteiger partial charge >= 0.3 is 0 Å². The highest BCUT2D eigenvalue weighted by Crippen LogP contribution is 2.42. The molecule has 0 bridgehead atoms. The van der Waals surface area contributed by atoms with Gasteiger partial charge in [-0.2, -0.15) is 5.10 Å². The topological polar surface area (TPSA) is 75.6 Å². The number of hydrogen-bond acceptors (Lipinski definition) is 7. The molecule has 3 aliphatic rings. The van der Waals surface area contributed by atoms with Crippen LogP contribution in [0.15, 0.2) is 41.5 Å². The Hall–Kier alpha value is -3.13. The second kappa shape index (κ2) is 9.25. The van der Waals surface area contributed by atoms with E-state index in [9.17, 15) is 4.79 Å². The molecule has 2 aliphatic heterocycles. The first-order valence-corrected chi connectivity index (χ1v) is 11.9. The Balaban J connectivity index is 1.54.